The Labute approximate surface area is 66.9 Å². The van der Waals surface area contributed by atoms with E-state index in [9.17, 15) is 0 Å². The summed E-state index contributed by atoms with van der Waals surface area (Å²) in [5.41, 5.74) is 0. The first kappa shape index (κ1) is 6.65. The molecule has 0 fully saturated rings. The van der Waals surface area contributed by atoms with Gasteiger partial charge in [0, 0.05) is 25.7 Å². The molecule has 0 saturated heterocycles. The molecule has 0 spiro atoms. The Bertz CT molecular complexity index is 226. The van der Waals surface area contributed by atoms with E-state index in [1.54, 1.807) is 0 Å². The van der Waals surface area contributed by atoms with Crippen LogP contribution < -0.4 is 0 Å². The van der Waals surface area contributed by atoms with E-state index in [1.165, 1.54) is 12.3 Å². The maximum absolute atomic E-state index is 4.42. The summed E-state index contributed by atoms with van der Waals surface area (Å²) < 4.78 is 0. The van der Waals surface area contributed by atoms with Gasteiger partial charge in [-0.2, -0.15) is 0 Å². The molecule has 0 aliphatic carbocycles. The Morgan fingerprint density at radius 1 is 1.36 bits per heavy atom. The fraction of sp³-hybridized carbons (Fsp3) is 0.444. The fourth-order valence-electron chi connectivity index (χ4n) is 1.42. The molecule has 0 bridgehead atoms. The average Bonchev–Trinajstić information content (AvgIpc) is 2.58. The second-order valence-electron chi connectivity index (χ2n) is 2.82. The second-order valence-corrected chi connectivity index (χ2v) is 2.82. The molecule has 2 nitrogen and oxygen atoms in total. The largest absolute Gasteiger partial charge is 0.333 e. The molecule has 0 N–H and O–H groups in total. The summed E-state index contributed by atoms with van der Waals surface area (Å²) in [5, 5.41) is 0. The van der Waals surface area contributed by atoms with E-state index in [2.05, 4.69) is 34.3 Å². The van der Waals surface area contributed by atoms with Crippen molar-refractivity contribution in [2.75, 3.05) is 13.1 Å². The SMILES string of the molecule is C1=CCN(C2=NCCC2)C=C1. The van der Waals surface area contributed by atoms with Crippen molar-refractivity contribution in [1.29, 1.82) is 0 Å². The molecule has 2 heteroatoms. The molecule has 2 aliphatic heterocycles. The zero-order chi connectivity index (χ0) is 7.52. The van der Waals surface area contributed by atoms with Gasteiger partial charge in [-0.3, -0.25) is 4.99 Å². The molecule has 2 aliphatic rings. The van der Waals surface area contributed by atoms with Crippen LogP contribution in [0.5, 0.6) is 0 Å². The first-order valence-electron chi connectivity index (χ1n) is 4.10. The van der Waals surface area contributed by atoms with Crippen LogP contribution in [0.25, 0.3) is 0 Å². The highest BCUT2D eigenvalue weighted by Gasteiger charge is 2.11. The van der Waals surface area contributed by atoms with Crippen LogP contribution in [0.4, 0.5) is 0 Å². The van der Waals surface area contributed by atoms with Crippen molar-refractivity contribution in [1.82, 2.24) is 4.90 Å². The minimum absolute atomic E-state index is 0.995. The van der Waals surface area contributed by atoms with Crippen molar-refractivity contribution in [2.24, 2.45) is 4.99 Å². The normalized spacial score (nSPS) is 22.5. The lowest BCUT2D eigenvalue weighted by Gasteiger charge is -2.19. The van der Waals surface area contributed by atoms with Crippen LogP contribution in [-0.2, 0) is 0 Å². The first-order valence-corrected chi connectivity index (χ1v) is 4.10. The van der Waals surface area contributed by atoms with Gasteiger partial charge in [-0.15, -0.1) is 0 Å². The molecule has 0 amide bonds. The molecule has 0 unspecified atom stereocenters. The number of hydrogen-bond acceptors (Lipinski definition) is 2. The lowest BCUT2D eigenvalue weighted by molar-refractivity contribution is 0.605. The minimum atomic E-state index is 0.995. The molecule has 0 saturated carbocycles. The van der Waals surface area contributed by atoms with Crippen LogP contribution in [0.1, 0.15) is 12.8 Å². The predicted molar refractivity (Wildman–Crippen MR) is 46.5 cm³/mol. The van der Waals surface area contributed by atoms with Gasteiger partial charge in [0.25, 0.3) is 0 Å². The molecule has 0 aromatic heterocycles. The van der Waals surface area contributed by atoms with Gasteiger partial charge in [0.15, 0.2) is 0 Å². The highest BCUT2D eigenvalue weighted by atomic mass is 15.2. The topological polar surface area (TPSA) is 15.6 Å². The molecule has 0 radical (unpaired) electrons. The van der Waals surface area contributed by atoms with Crippen LogP contribution in [0.3, 0.4) is 0 Å². The molecule has 58 valence electrons. The van der Waals surface area contributed by atoms with Crippen molar-refractivity contribution in [3.05, 3.63) is 24.4 Å². The van der Waals surface area contributed by atoms with Crippen LogP contribution in [0.15, 0.2) is 29.4 Å². The second kappa shape index (κ2) is 2.91. The number of amidine groups is 1. The van der Waals surface area contributed by atoms with Crippen LogP contribution >= 0.6 is 0 Å². The summed E-state index contributed by atoms with van der Waals surface area (Å²) in [6.45, 7) is 2.01. The zero-order valence-electron chi connectivity index (χ0n) is 6.53. The average molecular weight is 148 g/mol. The summed E-state index contributed by atoms with van der Waals surface area (Å²) in [6, 6.07) is 0. The van der Waals surface area contributed by atoms with Gasteiger partial charge < -0.3 is 4.90 Å². The Morgan fingerprint density at radius 3 is 3.00 bits per heavy atom. The Hall–Kier alpha value is -1.05. The van der Waals surface area contributed by atoms with Gasteiger partial charge in [-0.1, -0.05) is 12.2 Å². The predicted octanol–water partition coefficient (Wildman–Crippen LogP) is 1.56. The van der Waals surface area contributed by atoms with Crippen LogP contribution in [0.2, 0.25) is 0 Å². The van der Waals surface area contributed by atoms with E-state index in [0.717, 1.165) is 19.5 Å². The van der Waals surface area contributed by atoms with E-state index < -0.39 is 0 Å². The Balaban J connectivity index is 2.05. The van der Waals surface area contributed by atoms with Crippen LogP contribution in [0, 0.1) is 0 Å². The molecular weight excluding hydrogens is 136 g/mol. The number of allylic oxidation sites excluding steroid dienone is 2. The molecule has 0 atom stereocenters. The number of nitrogens with zero attached hydrogens (tertiary/aromatic N) is 2. The quantitative estimate of drug-likeness (QED) is 0.509. The molecule has 2 heterocycles. The maximum Gasteiger partial charge on any atom is 0.103 e. The summed E-state index contributed by atoms with van der Waals surface area (Å²) in [7, 11) is 0. The van der Waals surface area contributed by atoms with Gasteiger partial charge in [0.2, 0.25) is 0 Å². The van der Waals surface area contributed by atoms with Gasteiger partial charge in [0.1, 0.15) is 5.84 Å². The van der Waals surface area contributed by atoms with Crippen molar-refractivity contribution in [3.8, 4) is 0 Å². The van der Waals surface area contributed by atoms with E-state index in [4.69, 9.17) is 0 Å². The molecule has 2 rings (SSSR count). The first-order chi connectivity index (χ1) is 5.47. The summed E-state index contributed by atoms with van der Waals surface area (Å²) in [5.74, 6) is 1.26. The van der Waals surface area contributed by atoms with Crippen molar-refractivity contribution in [2.45, 2.75) is 12.8 Å². The summed E-state index contributed by atoms with van der Waals surface area (Å²) in [6.07, 6.45) is 10.8. The van der Waals surface area contributed by atoms with Crippen molar-refractivity contribution < 1.29 is 0 Å². The third-order valence-electron chi connectivity index (χ3n) is 2.00. The van der Waals surface area contributed by atoms with E-state index >= 15 is 0 Å². The monoisotopic (exact) mass is 148 g/mol. The fourth-order valence-corrected chi connectivity index (χ4v) is 1.42. The van der Waals surface area contributed by atoms with E-state index in [1.807, 2.05) is 0 Å². The smallest absolute Gasteiger partial charge is 0.103 e. The molecule has 0 aromatic carbocycles. The van der Waals surface area contributed by atoms with E-state index in [0.29, 0.717) is 0 Å². The summed E-state index contributed by atoms with van der Waals surface area (Å²) in [4.78, 5) is 6.63. The molecule has 11 heavy (non-hydrogen) atoms. The van der Waals surface area contributed by atoms with Gasteiger partial charge in [0.05, 0.1) is 0 Å². The molecule has 0 aromatic rings. The lowest BCUT2D eigenvalue weighted by Crippen LogP contribution is -2.25. The minimum Gasteiger partial charge on any atom is -0.333 e. The number of aliphatic imine (C=N–C) groups is 1. The maximum atomic E-state index is 4.42. The highest BCUT2D eigenvalue weighted by Crippen LogP contribution is 2.10. The Morgan fingerprint density at radius 2 is 2.36 bits per heavy atom. The molecular formula is C9H12N2. The number of hydrogen-bond donors (Lipinski definition) is 0. The van der Waals surface area contributed by atoms with Crippen molar-refractivity contribution in [3.63, 3.8) is 0 Å². The van der Waals surface area contributed by atoms with Crippen LogP contribution in [-0.4, -0.2) is 23.8 Å². The number of rotatable bonds is 0. The van der Waals surface area contributed by atoms with Crippen molar-refractivity contribution >= 4 is 5.84 Å². The highest BCUT2D eigenvalue weighted by molar-refractivity contribution is 5.84. The summed E-state index contributed by atoms with van der Waals surface area (Å²) >= 11 is 0. The standard InChI is InChI=1S/C9H12N2/c1-2-7-11(8-3-1)9-5-4-6-10-9/h1-3,7H,4-6,8H2. The Kier molecular flexibility index (Phi) is 1.76. The van der Waals surface area contributed by atoms with Gasteiger partial charge in [-0.25, -0.2) is 0 Å². The van der Waals surface area contributed by atoms with E-state index in [-0.39, 0.29) is 0 Å². The van der Waals surface area contributed by atoms with Gasteiger partial charge >= 0.3 is 0 Å². The van der Waals surface area contributed by atoms with Gasteiger partial charge in [-0.05, 0) is 12.5 Å². The zero-order valence-corrected chi connectivity index (χ0v) is 6.53. The third kappa shape index (κ3) is 1.34. The lowest BCUT2D eigenvalue weighted by atomic mass is 10.3. The third-order valence-corrected chi connectivity index (χ3v) is 2.00.